The van der Waals surface area contributed by atoms with Gasteiger partial charge in [0.05, 0.1) is 6.10 Å². The highest BCUT2D eigenvalue weighted by Gasteiger charge is 2.11. The van der Waals surface area contributed by atoms with E-state index in [1.165, 1.54) is 24.7 Å². The highest BCUT2D eigenvalue weighted by Crippen LogP contribution is 2.15. The van der Waals surface area contributed by atoms with Crippen LogP contribution >= 0.6 is 0 Å². The zero-order valence-electron chi connectivity index (χ0n) is 14.4. The first-order chi connectivity index (χ1) is 12.9. The fraction of sp³-hybridized carbons (Fsp3) is 0.158. The first-order valence-corrected chi connectivity index (χ1v) is 8.12. The molecule has 1 atom stereocenters. The Hall–Kier alpha value is -3.26. The van der Waals surface area contributed by atoms with Crippen LogP contribution < -0.4 is 5.32 Å². The molecule has 0 fully saturated rings. The molecular formula is C19H16F2N4O2. The second-order valence-electron chi connectivity index (χ2n) is 5.95. The first kappa shape index (κ1) is 18.5. The number of carbonyl (C=O) groups is 1. The summed E-state index contributed by atoms with van der Waals surface area (Å²) in [6.07, 6.45) is 3.96. The van der Waals surface area contributed by atoms with Crippen molar-refractivity contribution in [3.05, 3.63) is 83.1 Å². The lowest BCUT2D eigenvalue weighted by Gasteiger charge is -2.07. The first-order valence-electron chi connectivity index (χ1n) is 8.12. The van der Waals surface area contributed by atoms with Crippen LogP contribution in [0.15, 0.2) is 48.9 Å². The molecule has 2 aromatic heterocycles. The van der Waals surface area contributed by atoms with Gasteiger partial charge in [0.15, 0.2) is 11.6 Å². The standard InChI is InChI=1S/C19H16F2N4O2/c1-11(26)14-9-23-18(24-10-14)19(27)25-17-5-3-13(8-22-17)6-12-2-4-15(20)16(21)7-12/h2-5,7-11,26H,6H2,1H3,(H,22,25,27). The van der Waals surface area contributed by atoms with E-state index in [-0.39, 0.29) is 5.82 Å². The van der Waals surface area contributed by atoms with Gasteiger partial charge in [-0.3, -0.25) is 4.79 Å². The van der Waals surface area contributed by atoms with Crippen molar-refractivity contribution in [2.45, 2.75) is 19.4 Å². The Kier molecular flexibility index (Phi) is 5.46. The van der Waals surface area contributed by atoms with Crippen LogP contribution in [-0.2, 0) is 6.42 Å². The van der Waals surface area contributed by atoms with Gasteiger partial charge in [0.25, 0.3) is 5.91 Å². The van der Waals surface area contributed by atoms with Crippen LogP contribution in [0.1, 0.15) is 40.3 Å². The minimum Gasteiger partial charge on any atom is -0.389 e. The predicted molar refractivity (Wildman–Crippen MR) is 94.0 cm³/mol. The molecule has 2 heterocycles. The number of nitrogens with one attached hydrogen (secondary N) is 1. The minimum absolute atomic E-state index is 0.0490. The number of pyridine rings is 1. The summed E-state index contributed by atoms with van der Waals surface area (Å²) in [5.41, 5.74) is 1.89. The predicted octanol–water partition coefficient (Wildman–Crippen LogP) is 3.05. The summed E-state index contributed by atoms with van der Waals surface area (Å²) in [6.45, 7) is 1.57. The Balaban J connectivity index is 1.64. The average molecular weight is 370 g/mol. The van der Waals surface area contributed by atoms with E-state index in [9.17, 15) is 18.7 Å². The Labute approximate surface area is 154 Å². The van der Waals surface area contributed by atoms with E-state index in [4.69, 9.17) is 0 Å². The van der Waals surface area contributed by atoms with Gasteiger partial charge in [0.1, 0.15) is 5.82 Å². The molecule has 3 aromatic rings. The zero-order valence-corrected chi connectivity index (χ0v) is 14.4. The van der Waals surface area contributed by atoms with E-state index >= 15 is 0 Å². The van der Waals surface area contributed by atoms with Crippen molar-refractivity contribution in [3.63, 3.8) is 0 Å². The summed E-state index contributed by atoms with van der Waals surface area (Å²) in [5, 5.41) is 12.0. The third-order valence-corrected chi connectivity index (χ3v) is 3.82. The number of hydrogen-bond acceptors (Lipinski definition) is 5. The molecule has 0 bridgehead atoms. The van der Waals surface area contributed by atoms with Gasteiger partial charge in [0, 0.05) is 24.2 Å². The fourth-order valence-corrected chi connectivity index (χ4v) is 2.33. The van der Waals surface area contributed by atoms with Gasteiger partial charge < -0.3 is 10.4 Å². The number of aliphatic hydroxyl groups is 1. The molecule has 1 unspecified atom stereocenters. The molecule has 2 N–H and O–H groups in total. The highest BCUT2D eigenvalue weighted by molar-refractivity contribution is 6.00. The Morgan fingerprint density at radius 2 is 1.74 bits per heavy atom. The fourth-order valence-electron chi connectivity index (χ4n) is 2.33. The van der Waals surface area contributed by atoms with Gasteiger partial charge in [0.2, 0.25) is 5.82 Å². The molecule has 0 aliphatic carbocycles. The van der Waals surface area contributed by atoms with Crippen molar-refractivity contribution in [2.75, 3.05) is 5.32 Å². The molecular weight excluding hydrogens is 354 g/mol. The summed E-state index contributed by atoms with van der Waals surface area (Å²) in [5.74, 6) is -2.07. The number of amides is 1. The second-order valence-corrected chi connectivity index (χ2v) is 5.95. The summed E-state index contributed by atoms with van der Waals surface area (Å²) in [4.78, 5) is 24.1. The SMILES string of the molecule is CC(O)c1cnc(C(=O)Nc2ccc(Cc3ccc(F)c(F)c3)cn2)nc1. The molecule has 0 saturated heterocycles. The van der Waals surface area contributed by atoms with E-state index in [1.807, 2.05) is 0 Å². The molecule has 1 amide bonds. The number of anilines is 1. The molecule has 27 heavy (non-hydrogen) atoms. The van der Waals surface area contributed by atoms with Crippen molar-refractivity contribution in [2.24, 2.45) is 0 Å². The Morgan fingerprint density at radius 3 is 2.33 bits per heavy atom. The number of halogens is 2. The molecule has 0 saturated carbocycles. The van der Waals surface area contributed by atoms with Crippen LogP contribution in [0, 0.1) is 11.6 Å². The molecule has 138 valence electrons. The summed E-state index contributed by atoms with van der Waals surface area (Å²) < 4.78 is 26.2. The minimum atomic E-state index is -0.897. The lowest BCUT2D eigenvalue weighted by atomic mass is 10.1. The second kappa shape index (κ2) is 7.96. The number of nitrogens with zero attached hydrogens (tertiary/aromatic N) is 3. The number of aromatic nitrogens is 3. The Morgan fingerprint density at radius 1 is 1.04 bits per heavy atom. The molecule has 0 spiro atoms. The van der Waals surface area contributed by atoms with Crippen molar-refractivity contribution in [1.82, 2.24) is 15.0 Å². The van der Waals surface area contributed by atoms with E-state index in [1.54, 1.807) is 19.1 Å². The van der Waals surface area contributed by atoms with Gasteiger partial charge in [-0.1, -0.05) is 12.1 Å². The molecule has 1 aromatic carbocycles. The van der Waals surface area contributed by atoms with E-state index in [0.717, 1.165) is 17.7 Å². The van der Waals surface area contributed by atoms with Crippen LogP contribution in [0.25, 0.3) is 0 Å². The summed E-state index contributed by atoms with van der Waals surface area (Å²) >= 11 is 0. The molecule has 0 aliphatic heterocycles. The van der Waals surface area contributed by atoms with Crippen molar-refractivity contribution in [3.8, 4) is 0 Å². The molecule has 0 aliphatic rings. The van der Waals surface area contributed by atoms with Crippen molar-refractivity contribution >= 4 is 11.7 Å². The smallest absolute Gasteiger partial charge is 0.294 e. The van der Waals surface area contributed by atoms with Gasteiger partial charge in [-0.25, -0.2) is 23.7 Å². The van der Waals surface area contributed by atoms with E-state index in [0.29, 0.717) is 23.4 Å². The topological polar surface area (TPSA) is 88.0 Å². The van der Waals surface area contributed by atoms with Crippen molar-refractivity contribution in [1.29, 1.82) is 0 Å². The van der Waals surface area contributed by atoms with Crippen LogP contribution in [-0.4, -0.2) is 26.0 Å². The van der Waals surface area contributed by atoms with Crippen molar-refractivity contribution < 1.29 is 18.7 Å². The van der Waals surface area contributed by atoms with Crippen LogP contribution in [0.4, 0.5) is 14.6 Å². The lowest BCUT2D eigenvalue weighted by molar-refractivity contribution is 0.101. The zero-order chi connectivity index (χ0) is 19.4. The van der Waals surface area contributed by atoms with Crippen LogP contribution in [0.5, 0.6) is 0 Å². The number of rotatable bonds is 5. The molecule has 3 rings (SSSR count). The van der Waals surface area contributed by atoms with E-state index in [2.05, 4.69) is 20.3 Å². The summed E-state index contributed by atoms with van der Waals surface area (Å²) in [6, 6.07) is 7.04. The van der Waals surface area contributed by atoms with Gasteiger partial charge in [-0.05, 0) is 42.7 Å². The molecule has 0 radical (unpaired) electrons. The third kappa shape index (κ3) is 4.68. The quantitative estimate of drug-likeness (QED) is 0.721. The van der Waals surface area contributed by atoms with Crippen LogP contribution in [0.2, 0.25) is 0 Å². The van der Waals surface area contributed by atoms with Gasteiger partial charge in [-0.15, -0.1) is 0 Å². The molecule has 8 heteroatoms. The lowest BCUT2D eigenvalue weighted by Crippen LogP contribution is -2.16. The number of hydrogen-bond donors (Lipinski definition) is 2. The van der Waals surface area contributed by atoms with Gasteiger partial charge >= 0.3 is 0 Å². The van der Waals surface area contributed by atoms with E-state index < -0.39 is 23.6 Å². The maximum absolute atomic E-state index is 13.3. The maximum Gasteiger partial charge on any atom is 0.294 e. The maximum atomic E-state index is 13.3. The van der Waals surface area contributed by atoms with Crippen LogP contribution in [0.3, 0.4) is 0 Å². The Bertz CT molecular complexity index is 945. The average Bonchev–Trinajstić information content (AvgIpc) is 2.66. The number of carbonyl (C=O) groups excluding carboxylic acids is 1. The number of aliphatic hydroxyl groups excluding tert-OH is 1. The normalized spacial score (nSPS) is 11.9. The number of benzene rings is 1. The molecule has 6 nitrogen and oxygen atoms in total. The largest absolute Gasteiger partial charge is 0.389 e. The monoisotopic (exact) mass is 370 g/mol. The summed E-state index contributed by atoms with van der Waals surface area (Å²) in [7, 11) is 0. The highest BCUT2D eigenvalue weighted by atomic mass is 19.2. The third-order valence-electron chi connectivity index (χ3n) is 3.82. The van der Waals surface area contributed by atoms with Gasteiger partial charge in [-0.2, -0.15) is 0 Å².